The summed E-state index contributed by atoms with van der Waals surface area (Å²) in [6.45, 7) is 6.20. The maximum absolute atomic E-state index is 12.7. The standard InChI is InChI=1S/C21H25N3O3S/c1-21(2,3)20(16-9-6-12-28-16)23-17(25)10-11-19(27)24-13-18(26)22-14-7-4-5-8-15(14)24/h4-9,12,20H,10-11,13H2,1-3H3,(H,22,26)(H,23,25). The van der Waals surface area contributed by atoms with Crippen LogP contribution in [0.3, 0.4) is 0 Å². The highest BCUT2D eigenvalue weighted by Crippen LogP contribution is 2.35. The van der Waals surface area contributed by atoms with Crippen molar-refractivity contribution in [3.05, 3.63) is 46.7 Å². The van der Waals surface area contributed by atoms with Crippen LogP contribution in [0.25, 0.3) is 0 Å². The van der Waals surface area contributed by atoms with E-state index in [1.165, 1.54) is 4.90 Å². The molecule has 0 saturated heterocycles. The van der Waals surface area contributed by atoms with Gasteiger partial charge in [-0.1, -0.05) is 39.0 Å². The van der Waals surface area contributed by atoms with Crippen molar-refractivity contribution in [1.29, 1.82) is 0 Å². The molecule has 6 nitrogen and oxygen atoms in total. The second kappa shape index (κ2) is 8.14. The highest BCUT2D eigenvalue weighted by Gasteiger charge is 2.30. The van der Waals surface area contributed by atoms with Gasteiger partial charge in [-0.25, -0.2) is 0 Å². The predicted molar refractivity (Wildman–Crippen MR) is 111 cm³/mol. The summed E-state index contributed by atoms with van der Waals surface area (Å²) in [4.78, 5) is 39.6. The number of fused-ring (bicyclic) bond motifs is 1. The molecule has 0 radical (unpaired) electrons. The number of nitrogens with zero attached hydrogens (tertiary/aromatic N) is 1. The highest BCUT2D eigenvalue weighted by atomic mass is 32.1. The van der Waals surface area contributed by atoms with E-state index in [0.717, 1.165) is 4.88 Å². The Morgan fingerprint density at radius 3 is 2.61 bits per heavy atom. The van der Waals surface area contributed by atoms with Crippen LogP contribution in [0, 0.1) is 5.41 Å². The molecule has 1 aromatic carbocycles. The van der Waals surface area contributed by atoms with Gasteiger partial charge < -0.3 is 15.5 Å². The van der Waals surface area contributed by atoms with Crippen molar-refractivity contribution < 1.29 is 14.4 Å². The average Bonchev–Trinajstić information content (AvgIpc) is 3.16. The van der Waals surface area contributed by atoms with Gasteiger partial charge in [-0.2, -0.15) is 0 Å². The van der Waals surface area contributed by atoms with Gasteiger partial charge >= 0.3 is 0 Å². The maximum Gasteiger partial charge on any atom is 0.244 e. The number of amides is 3. The lowest BCUT2D eigenvalue weighted by Gasteiger charge is -2.31. The number of carbonyl (C=O) groups is 3. The molecule has 1 unspecified atom stereocenters. The molecule has 28 heavy (non-hydrogen) atoms. The van der Waals surface area contributed by atoms with E-state index in [9.17, 15) is 14.4 Å². The molecule has 2 N–H and O–H groups in total. The molecule has 1 aromatic heterocycles. The predicted octanol–water partition coefficient (Wildman–Crippen LogP) is 3.72. The van der Waals surface area contributed by atoms with Gasteiger partial charge in [0.15, 0.2) is 0 Å². The zero-order chi connectivity index (χ0) is 20.3. The fraction of sp³-hybridized carbons (Fsp3) is 0.381. The molecule has 3 rings (SSSR count). The fourth-order valence-electron chi connectivity index (χ4n) is 3.21. The molecule has 0 spiro atoms. The number of para-hydroxylation sites is 2. The molecule has 0 bridgehead atoms. The third-order valence-corrected chi connectivity index (χ3v) is 5.57. The van der Waals surface area contributed by atoms with E-state index < -0.39 is 0 Å². The topological polar surface area (TPSA) is 78.5 Å². The minimum absolute atomic E-state index is 0.0305. The number of rotatable bonds is 5. The Morgan fingerprint density at radius 1 is 1.18 bits per heavy atom. The summed E-state index contributed by atoms with van der Waals surface area (Å²) in [5.74, 6) is -0.640. The zero-order valence-electron chi connectivity index (χ0n) is 16.3. The summed E-state index contributed by atoms with van der Waals surface area (Å²) in [5.41, 5.74) is 1.13. The van der Waals surface area contributed by atoms with Gasteiger partial charge in [0.1, 0.15) is 6.54 Å². The van der Waals surface area contributed by atoms with Gasteiger partial charge in [-0.15, -0.1) is 11.3 Å². The van der Waals surface area contributed by atoms with Crippen molar-refractivity contribution in [1.82, 2.24) is 5.32 Å². The van der Waals surface area contributed by atoms with Crippen molar-refractivity contribution in [3.8, 4) is 0 Å². The van der Waals surface area contributed by atoms with E-state index >= 15 is 0 Å². The van der Waals surface area contributed by atoms with Gasteiger partial charge in [0.25, 0.3) is 0 Å². The first-order valence-electron chi connectivity index (χ1n) is 9.28. The van der Waals surface area contributed by atoms with E-state index in [1.807, 2.05) is 23.6 Å². The second-order valence-corrected chi connectivity index (χ2v) is 8.91. The molecule has 1 aliphatic rings. The Labute approximate surface area is 168 Å². The van der Waals surface area contributed by atoms with Crippen molar-refractivity contribution in [2.75, 3.05) is 16.8 Å². The van der Waals surface area contributed by atoms with Crippen LogP contribution < -0.4 is 15.5 Å². The average molecular weight is 400 g/mol. The molecule has 1 aliphatic heterocycles. The second-order valence-electron chi connectivity index (χ2n) is 7.93. The van der Waals surface area contributed by atoms with E-state index in [1.54, 1.807) is 29.5 Å². The molecule has 3 amide bonds. The number of hydrogen-bond donors (Lipinski definition) is 2. The summed E-state index contributed by atoms with van der Waals surface area (Å²) in [6.07, 6.45) is 0.131. The van der Waals surface area contributed by atoms with Crippen LogP contribution in [0.5, 0.6) is 0 Å². The quantitative estimate of drug-likeness (QED) is 0.804. The molecule has 148 valence electrons. The van der Waals surface area contributed by atoms with Crippen molar-refractivity contribution in [2.45, 2.75) is 39.7 Å². The SMILES string of the molecule is CC(C)(C)C(NC(=O)CCC(=O)N1CC(=O)Nc2ccccc21)c1cccs1. The normalized spacial score (nSPS) is 14.8. The number of carbonyl (C=O) groups excluding carboxylic acids is 3. The van der Waals surface area contributed by atoms with Crippen LogP contribution in [-0.2, 0) is 14.4 Å². The lowest BCUT2D eigenvalue weighted by Crippen LogP contribution is -2.42. The minimum Gasteiger partial charge on any atom is -0.348 e. The molecule has 2 aromatic rings. The monoisotopic (exact) mass is 399 g/mol. The van der Waals surface area contributed by atoms with Gasteiger partial charge in [0, 0.05) is 17.7 Å². The third-order valence-electron chi connectivity index (χ3n) is 4.64. The third kappa shape index (κ3) is 4.59. The number of benzene rings is 1. The van der Waals surface area contributed by atoms with Crippen LogP contribution in [0.1, 0.15) is 44.5 Å². The van der Waals surface area contributed by atoms with Crippen molar-refractivity contribution >= 4 is 40.4 Å². The fourth-order valence-corrected chi connectivity index (χ4v) is 4.23. The van der Waals surface area contributed by atoms with Crippen LogP contribution in [0.2, 0.25) is 0 Å². The lowest BCUT2D eigenvalue weighted by atomic mass is 9.85. The molecule has 7 heteroatoms. The number of anilines is 2. The van der Waals surface area contributed by atoms with Crippen molar-refractivity contribution in [3.63, 3.8) is 0 Å². The Balaban J connectivity index is 1.63. The Bertz CT molecular complexity index is 871. The van der Waals surface area contributed by atoms with Crippen molar-refractivity contribution in [2.24, 2.45) is 5.41 Å². The molecule has 0 aliphatic carbocycles. The molecular formula is C21H25N3O3S. The molecule has 0 fully saturated rings. The Kier molecular flexibility index (Phi) is 5.84. The number of nitrogens with one attached hydrogen (secondary N) is 2. The van der Waals surface area contributed by atoms with Crippen LogP contribution >= 0.6 is 11.3 Å². The Morgan fingerprint density at radius 2 is 1.93 bits per heavy atom. The minimum atomic E-state index is -0.235. The van der Waals surface area contributed by atoms with Gasteiger partial charge in [-0.05, 0) is 29.0 Å². The van der Waals surface area contributed by atoms with E-state index in [-0.39, 0.29) is 48.6 Å². The number of thiophene rings is 1. The molecule has 1 atom stereocenters. The highest BCUT2D eigenvalue weighted by molar-refractivity contribution is 7.10. The smallest absolute Gasteiger partial charge is 0.244 e. The lowest BCUT2D eigenvalue weighted by molar-refractivity contribution is -0.126. The molecular weight excluding hydrogens is 374 g/mol. The van der Waals surface area contributed by atoms with Crippen LogP contribution in [0.4, 0.5) is 11.4 Å². The van der Waals surface area contributed by atoms with Gasteiger partial charge in [0.2, 0.25) is 17.7 Å². The Hall–Kier alpha value is -2.67. The summed E-state index contributed by atoms with van der Waals surface area (Å²) in [7, 11) is 0. The maximum atomic E-state index is 12.7. The van der Waals surface area contributed by atoms with E-state index in [4.69, 9.17) is 0 Å². The molecule has 0 saturated carbocycles. The first-order chi connectivity index (χ1) is 13.3. The largest absolute Gasteiger partial charge is 0.348 e. The first-order valence-corrected chi connectivity index (χ1v) is 10.2. The number of hydrogen-bond acceptors (Lipinski definition) is 4. The first kappa shape index (κ1) is 20.1. The zero-order valence-corrected chi connectivity index (χ0v) is 17.1. The molecule has 2 heterocycles. The van der Waals surface area contributed by atoms with Gasteiger partial charge in [-0.3, -0.25) is 14.4 Å². The van der Waals surface area contributed by atoms with E-state index in [0.29, 0.717) is 11.4 Å². The summed E-state index contributed by atoms with van der Waals surface area (Å²) >= 11 is 1.61. The van der Waals surface area contributed by atoms with Crippen LogP contribution in [-0.4, -0.2) is 24.3 Å². The van der Waals surface area contributed by atoms with Gasteiger partial charge in [0.05, 0.1) is 17.4 Å². The van der Waals surface area contributed by atoms with Crippen LogP contribution in [0.15, 0.2) is 41.8 Å². The summed E-state index contributed by atoms with van der Waals surface area (Å²) in [6, 6.07) is 11.0. The summed E-state index contributed by atoms with van der Waals surface area (Å²) in [5, 5.41) is 7.81. The van der Waals surface area contributed by atoms with E-state index in [2.05, 4.69) is 31.4 Å². The summed E-state index contributed by atoms with van der Waals surface area (Å²) < 4.78 is 0.